The third-order valence-electron chi connectivity index (χ3n) is 5.26. The Morgan fingerprint density at radius 2 is 1.76 bits per heavy atom. The highest BCUT2D eigenvalue weighted by molar-refractivity contribution is 7.80. The lowest BCUT2D eigenvalue weighted by atomic mass is 10.1. The van der Waals surface area contributed by atoms with Gasteiger partial charge in [0.1, 0.15) is 5.69 Å². The van der Waals surface area contributed by atoms with E-state index in [0.29, 0.717) is 36.2 Å². The molecular weight excluding hydrogens is 465 g/mol. The topological polar surface area (TPSA) is 97.2 Å². The molecule has 0 aliphatic carbocycles. The molecule has 4 rings (SSSR count). The third kappa shape index (κ3) is 4.77. The zero-order valence-electron chi connectivity index (χ0n) is 16.9. The molecule has 2 heterocycles. The van der Waals surface area contributed by atoms with E-state index in [1.165, 1.54) is 0 Å². The molecule has 2 aliphatic rings. The first-order valence-corrected chi connectivity index (χ1v) is 10.1. The number of alkyl halides is 3. The number of ether oxygens (including phenoxy) is 2. The van der Waals surface area contributed by atoms with Crippen LogP contribution in [0.5, 0.6) is 11.5 Å². The van der Waals surface area contributed by atoms with Crippen molar-refractivity contribution in [3.8, 4) is 11.5 Å². The van der Waals surface area contributed by atoms with E-state index >= 15 is 0 Å². The normalized spacial score (nSPS) is 15.4. The Labute approximate surface area is 190 Å². The number of nitro groups is 1. The van der Waals surface area contributed by atoms with Crippen molar-refractivity contribution >= 4 is 34.6 Å². The molecule has 0 atom stereocenters. The summed E-state index contributed by atoms with van der Waals surface area (Å²) in [6.07, 6.45) is -4.68. The van der Waals surface area contributed by atoms with E-state index in [1.54, 1.807) is 28.0 Å². The summed E-state index contributed by atoms with van der Waals surface area (Å²) >= 11 is 5.32. The van der Waals surface area contributed by atoms with Crippen LogP contribution in [-0.4, -0.2) is 53.8 Å². The molecule has 2 aromatic carbocycles. The van der Waals surface area contributed by atoms with E-state index < -0.39 is 28.3 Å². The molecule has 174 valence electrons. The quantitative estimate of drug-likeness (QED) is 0.405. The van der Waals surface area contributed by atoms with E-state index in [1.807, 2.05) is 0 Å². The number of amides is 1. The Kier molecular flexibility index (Phi) is 5.97. The molecule has 13 heteroatoms. The first kappa shape index (κ1) is 22.6. The van der Waals surface area contributed by atoms with Gasteiger partial charge in [0, 0.05) is 37.8 Å². The van der Waals surface area contributed by atoms with E-state index in [2.05, 4.69) is 5.32 Å². The zero-order chi connectivity index (χ0) is 23.8. The summed E-state index contributed by atoms with van der Waals surface area (Å²) in [7, 11) is 0. The molecular formula is C20H17F3N4O5S. The number of fused-ring (bicyclic) bond motifs is 1. The Bertz CT molecular complexity index is 1120. The first-order valence-electron chi connectivity index (χ1n) is 9.74. The van der Waals surface area contributed by atoms with Gasteiger partial charge in [-0.3, -0.25) is 20.2 Å². The summed E-state index contributed by atoms with van der Waals surface area (Å²) < 4.78 is 49.3. The van der Waals surface area contributed by atoms with Crippen LogP contribution in [0, 0.1) is 10.1 Å². The summed E-state index contributed by atoms with van der Waals surface area (Å²) in [6, 6.07) is 7.21. The van der Waals surface area contributed by atoms with Gasteiger partial charge in [-0.25, -0.2) is 0 Å². The van der Waals surface area contributed by atoms with Gasteiger partial charge in [-0.05, 0) is 42.5 Å². The second-order valence-electron chi connectivity index (χ2n) is 7.26. The Morgan fingerprint density at radius 3 is 2.42 bits per heavy atom. The number of thiocarbonyl (C=S) groups is 1. The van der Waals surface area contributed by atoms with Crippen LogP contribution in [-0.2, 0) is 6.18 Å². The largest absolute Gasteiger partial charge is 0.454 e. The Balaban J connectivity index is 1.39. The van der Waals surface area contributed by atoms with Gasteiger partial charge >= 0.3 is 6.18 Å². The van der Waals surface area contributed by atoms with Crippen molar-refractivity contribution in [3.63, 3.8) is 0 Å². The fourth-order valence-electron chi connectivity index (χ4n) is 3.55. The molecule has 33 heavy (non-hydrogen) atoms. The number of nitrogens with one attached hydrogen (secondary N) is 1. The average Bonchev–Trinajstić information content (AvgIpc) is 3.26. The van der Waals surface area contributed by atoms with Crippen molar-refractivity contribution in [2.45, 2.75) is 6.18 Å². The van der Waals surface area contributed by atoms with Gasteiger partial charge in [-0.1, -0.05) is 0 Å². The predicted octanol–water partition coefficient (Wildman–Crippen LogP) is 3.18. The first-order chi connectivity index (χ1) is 15.6. The number of carbonyl (C=O) groups is 1. The molecule has 1 fully saturated rings. The van der Waals surface area contributed by atoms with Crippen molar-refractivity contribution in [1.29, 1.82) is 0 Å². The zero-order valence-corrected chi connectivity index (χ0v) is 17.7. The molecule has 0 saturated carbocycles. The molecule has 2 aliphatic heterocycles. The lowest BCUT2D eigenvalue weighted by molar-refractivity contribution is -0.384. The Morgan fingerprint density at radius 1 is 1.06 bits per heavy atom. The summed E-state index contributed by atoms with van der Waals surface area (Å²) in [5, 5.41) is 14.2. The lowest BCUT2D eigenvalue weighted by Gasteiger charge is -2.37. The highest BCUT2D eigenvalue weighted by atomic mass is 32.1. The van der Waals surface area contributed by atoms with Gasteiger partial charge in [-0.15, -0.1) is 0 Å². The van der Waals surface area contributed by atoms with Crippen molar-refractivity contribution in [1.82, 2.24) is 10.2 Å². The van der Waals surface area contributed by atoms with E-state index in [-0.39, 0.29) is 30.7 Å². The van der Waals surface area contributed by atoms with Crippen LogP contribution in [0.1, 0.15) is 15.9 Å². The molecule has 1 N–H and O–H groups in total. The van der Waals surface area contributed by atoms with Crippen LogP contribution >= 0.6 is 12.2 Å². The SMILES string of the molecule is O=C(NC(=S)N1CCN(c2ccc(C(F)(F)F)cc2[N+](=O)[O-])CC1)c1ccc2c(c1)OCO2. The summed E-state index contributed by atoms with van der Waals surface area (Å²) in [5.41, 5.74) is -1.26. The maximum absolute atomic E-state index is 12.9. The van der Waals surface area contributed by atoms with Gasteiger partial charge < -0.3 is 19.3 Å². The number of halogens is 3. The number of carbonyl (C=O) groups excluding carboxylic acids is 1. The standard InChI is InChI=1S/C20H17F3N4O5S/c21-20(22,23)13-2-3-14(15(10-13)27(29)30)25-5-7-26(8-6-25)19(33)24-18(28)12-1-4-16-17(9-12)32-11-31-16/h1-4,9-10H,5-8,11H2,(H,24,28,33). The minimum absolute atomic E-state index is 0.0835. The molecule has 0 aromatic heterocycles. The van der Waals surface area contributed by atoms with Gasteiger partial charge in [0.15, 0.2) is 16.6 Å². The fraction of sp³-hybridized carbons (Fsp3) is 0.300. The van der Waals surface area contributed by atoms with Crippen LogP contribution < -0.4 is 19.7 Å². The number of hydrogen-bond acceptors (Lipinski definition) is 7. The second-order valence-corrected chi connectivity index (χ2v) is 7.65. The highest BCUT2D eigenvalue weighted by Crippen LogP contribution is 2.37. The number of piperazine rings is 1. The minimum Gasteiger partial charge on any atom is -0.454 e. The molecule has 0 spiro atoms. The number of benzene rings is 2. The average molecular weight is 482 g/mol. The van der Waals surface area contributed by atoms with E-state index in [4.69, 9.17) is 21.7 Å². The number of anilines is 1. The molecule has 1 saturated heterocycles. The van der Waals surface area contributed by atoms with Gasteiger partial charge in [0.2, 0.25) is 6.79 Å². The van der Waals surface area contributed by atoms with Crippen LogP contribution in [0.4, 0.5) is 24.5 Å². The summed E-state index contributed by atoms with van der Waals surface area (Å²) in [5.74, 6) is 0.571. The second kappa shape index (κ2) is 8.73. The van der Waals surface area contributed by atoms with Crippen molar-refractivity contribution in [3.05, 3.63) is 57.6 Å². The monoisotopic (exact) mass is 482 g/mol. The van der Waals surface area contributed by atoms with Crippen molar-refractivity contribution in [2.24, 2.45) is 0 Å². The maximum atomic E-state index is 12.9. The number of nitro benzene ring substituents is 1. The third-order valence-corrected chi connectivity index (χ3v) is 5.62. The predicted molar refractivity (Wildman–Crippen MR) is 115 cm³/mol. The van der Waals surface area contributed by atoms with E-state index in [9.17, 15) is 28.1 Å². The number of hydrogen-bond donors (Lipinski definition) is 1. The molecule has 0 unspecified atom stereocenters. The maximum Gasteiger partial charge on any atom is 0.416 e. The number of nitrogens with zero attached hydrogens (tertiary/aromatic N) is 3. The van der Waals surface area contributed by atoms with Gasteiger partial charge in [0.25, 0.3) is 11.6 Å². The van der Waals surface area contributed by atoms with Gasteiger partial charge in [0.05, 0.1) is 10.5 Å². The molecule has 0 bridgehead atoms. The highest BCUT2D eigenvalue weighted by Gasteiger charge is 2.34. The lowest BCUT2D eigenvalue weighted by Crippen LogP contribution is -2.52. The summed E-state index contributed by atoms with van der Waals surface area (Å²) in [6.45, 7) is 1.26. The Hall–Kier alpha value is -3.61. The van der Waals surface area contributed by atoms with Crippen LogP contribution in [0.3, 0.4) is 0 Å². The van der Waals surface area contributed by atoms with Crippen LogP contribution in [0.2, 0.25) is 0 Å². The van der Waals surface area contributed by atoms with Crippen LogP contribution in [0.15, 0.2) is 36.4 Å². The minimum atomic E-state index is -4.68. The molecule has 1 amide bonds. The van der Waals surface area contributed by atoms with Crippen molar-refractivity contribution in [2.75, 3.05) is 37.9 Å². The fourth-order valence-corrected chi connectivity index (χ4v) is 3.83. The summed E-state index contributed by atoms with van der Waals surface area (Å²) in [4.78, 5) is 26.4. The van der Waals surface area contributed by atoms with E-state index in [0.717, 1.165) is 12.1 Å². The smallest absolute Gasteiger partial charge is 0.416 e. The molecule has 2 aromatic rings. The van der Waals surface area contributed by atoms with Crippen LogP contribution in [0.25, 0.3) is 0 Å². The van der Waals surface area contributed by atoms with Crippen molar-refractivity contribution < 1.29 is 32.4 Å². The van der Waals surface area contributed by atoms with Gasteiger partial charge in [-0.2, -0.15) is 13.2 Å². The molecule has 9 nitrogen and oxygen atoms in total. The number of rotatable bonds is 3. The molecule has 0 radical (unpaired) electrons.